The van der Waals surface area contributed by atoms with Crippen LogP contribution in [0.3, 0.4) is 0 Å². The number of hydrogen-bond donors (Lipinski definition) is 1. The molecular weight excluding hydrogens is 270 g/mol. The average Bonchev–Trinajstić information content (AvgIpc) is 2.28. The maximum absolute atomic E-state index is 11.8. The van der Waals surface area contributed by atoms with Crippen LogP contribution in [0.2, 0.25) is 0 Å². The molecule has 0 spiro atoms. The summed E-state index contributed by atoms with van der Waals surface area (Å²) in [5.41, 5.74) is 0. The Morgan fingerprint density at radius 1 is 1.26 bits per heavy atom. The summed E-state index contributed by atoms with van der Waals surface area (Å²) in [7, 11) is -3.69. The molecule has 0 heterocycles. The largest absolute Gasteiger partial charge is 0.426 e. The predicted molar refractivity (Wildman–Crippen MR) is 68.8 cm³/mol. The minimum atomic E-state index is -3.69. The summed E-state index contributed by atoms with van der Waals surface area (Å²) in [6.07, 6.45) is 0.993. The minimum Gasteiger partial charge on any atom is -0.426 e. The Bertz CT molecular complexity index is 553. The van der Waals surface area contributed by atoms with Crippen molar-refractivity contribution >= 4 is 21.9 Å². The summed E-state index contributed by atoms with van der Waals surface area (Å²) in [6, 6.07) is 8.25. The Morgan fingerprint density at radius 3 is 2.32 bits per heavy atom. The van der Waals surface area contributed by atoms with Crippen molar-refractivity contribution < 1.29 is 22.7 Å². The number of rotatable bonds is 5. The van der Waals surface area contributed by atoms with E-state index in [0.717, 1.165) is 6.26 Å². The predicted octanol–water partition coefficient (Wildman–Crippen LogP) is 0.694. The van der Waals surface area contributed by atoms with Gasteiger partial charge in [-0.2, -0.15) is 0 Å². The molecule has 0 aliphatic rings. The first-order valence-electron chi connectivity index (χ1n) is 5.62. The number of amides is 1. The molecule has 1 N–H and O–H groups in total. The molecule has 19 heavy (non-hydrogen) atoms. The highest BCUT2D eigenvalue weighted by molar-refractivity contribution is 7.89. The molecule has 1 atom stereocenters. The molecule has 1 amide bonds. The number of carbonyl (C=O) groups excluding carboxylic acids is 2. The second-order valence-corrected chi connectivity index (χ2v) is 5.68. The number of ether oxygens (including phenoxy) is 1. The third kappa shape index (κ3) is 5.09. The first-order valence-corrected chi connectivity index (χ1v) is 7.51. The molecule has 1 aromatic carbocycles. The molecule has 1 rings (SSSR count). The second kappa shape index (κ2) is 6.33. The van der Waals surface area contributed by atoms with Crippen molar-refractivity contribution in [1.29, 1.82) is 0 Å². The summed E-state index contributed by atoms with van der Waals surface area (Å²) in [5.74, 6) is -2.52. The number of benzene rings is 1. The summed E-state index contributed by atoms with van der Waals surface area (Å²) < 4.78 is 28.7. The highest BCUT2D eigenvalue weighted by atomic mass is 32.2. The number of carbonyl (C=O) groups is 2. The minimum absolute atomic E-state index is 0.146. The zero-order chi connectivity index (χ0) is 14.5. The molecule has 0 aliphatic carbocycles. The monoisotopic (exact) mass is 285 g/mol. The van der Waals surface area contributed by atoms with Crippen LogP contribution in [0, 0.1) is 5.92 Å². The van der Waals surface area contributed by atoms with E-state index in [1.165, 1.54) is 0 Å². The number of nitrogens with one attached hydrogen (secondary N) is 1. The molecule has 0 saturated carbocycles. The van der Waals surface area contributed by atoms with E-state index in [0.29, 0.717) is 5.75 Å². The lowest BCUT2D eigenvalue weighted by molar-refractivity contribution is -0.144. The molecule has 0 aromatic heterocycles. The van der Waals surface area contributed by atoms with Crippen LogP contribution in [0.1, 0.15) is 13.3 Å². The van der Waals surface area contributed by atoms with Crippen LogP contribution in [0.4, 0.5) is 0 Å². The third-order valence-corrected chi connectivity index (χ3v) is 2.83. The van der Waals surface area contributed by atoms with E-state index in [1.807, 2.05) is 0 Å². The van der Waals surface area contributed by atoms with Crippen molar-refractivity contribution in [3.63, 3.8) is 0 Å². The van der Waals surface area contributed by atoms with E-state index in [9.17, 15) is 18.0 Å². The van der Waals surface area contributed by atoms with E-state index in [2.05, 4.69) is 0 Å². The molecule has 6 nitrogen and oxygen atoms in total. The Morgan fingerprint density at radius 2 is 1.84 bits per heavy atom. The van der Waals surface area contributed by atoms with Gasteiger partial charge >= 0.3 is 5.97 Å². The smallest absolute Gasteiger partial charge is 0.323 e. The second-order valence-electron chi connectivity index (χ2n) is 3.93. The van der Waals surface area contributed by atoms with Gasteiger partial charge in [-0.3, -0.25) is 14.3 Å². The van der Waals surface area contributed by atoms with Crippen LogP contribution < -0.4 is 9.46 Å². The maximum Gasteiger partial charge on any atom is 0.323 e. The fraction of sp³-hybridized carbons (Fsp3) is 0.333. The molecule has 0 saturated heterocycles. The van der Waals surface area contributed by atoms with Crippen LogP contribution in [0.5, 0.6) is 5.75 Å². The van der Waals surface area contributed by atoms with Gasteiger partial charge in [0.15, 0.2) is 0 Å². The maximum atomic E-state index is 11.8. The van der Waals surface area contributed by atoms with Crippen molar-refractivity contribution in [2.24, 2.45) is 5.92 Å². The normalized spacial score (nSPS) is 12.5. The van der Waals surface area contributed by atoms with Gasteiger partial charge in [0.05, 0.1) is 6.26 Å². The Labute approximate surface area is 111 Å². The quantitative estimate of drug-likeness (QED) is 0.488. The van der Waals surface area contributed by atoms with Crippen molar-refractivity contribution in [2.45, 2.75) is 13.3 Å². The van der Waals surface area contributed by atoms with E-state index in [4.69, 9.17) is 4.74 Å². The van der Waals surface area contributed by atoms with Gasteiger partial charge in [0, 0.05) is 0 Å². The molecule has 1 aromatic rings. The molecular formula is C12H15NO5S. The summed E-state index contributed by atoms with van der Waals surface area (Å²) in [4.78, 5) is 23.4. The molecule has 7 heteroatoms. The highest BCUT2D eigenvalue weighted by Gasteiger charge is 2.28. The van der Waals surface area contributed by atoms with Gasteiger partial charge in [0.25, 0.3) is 0 Å². The molecule has 0 radical (unpaired) electrons. The fourth-order valence-corrected chi connectivity index (χ4v) is 1.90. The van der Waals surface area contributed by atoms with Gasteiger partial charge in [0.2, 0.25) is 15.9 Å². The Balaban J connectivity index is 2.75. The molecule has 0 aliphatic heterocycles. The Kier molecular flexibility index (Phi) is 5.05. The molecule has 104 valence electrons. The van der Waals surface area contributed by atoms with Crippen molar-refractivity contribution in [3.8, 4) is 5.75 Å². The van der Waals surface area contributed by atoms with E-state index < -0.39 is 27.8 Å². The standard InChI is InChI=1S/C12H15NO5S/c1-3-10(11(14)13-19(2,16)17)12(15)18-9-7-5-4-6-8-9/h4-8,10H,3H2,1-2H3,(H,13,14). The number of hydrogen-bond acceptors (Lipinski definition) is 5. The lowest BCUT2D eigenvalue weighted by Gasteiger charge is -2.13. The van der Waals surface area contributed by atoms with Crippen LogP contribution in [0.15, 0.2) is 30.3 Å². The van der Waals surface area contributed by atoms with Gasteiger partial charge in [-0.25, -0.2) is 8.42 Å². The lowest BCUT2D eigenvalue weighted by atomic mass is 10.1. The Hall–Kier alpha value is -1.89. The van der Waals surface area contributed by atoms with E-state index >= 15 is 0 Å². The van der Waals surface area contributed by atoms with Crippen LogP contribution >= 0.6 is 0 Å². The van der Waals surface area contributed by atoms with Crippen LogP contribution in [-0.4, -0.2) is 26.6 Å². The van der Waals surface area contributed by atoms with Crippen molar-refractivity contribution in [2.75, 3.05) is 6.26 Å². The van der Waals surface area contributed by atoms with Crippen molar-refractivity contribution in [3.05, 3.63) is 30.3 Å². The highest BCUT2D eigenvalue weighted by Crippen LogP contribution is 2.13. The molecule has 0 fully saturated rings. The fourth-order valence-electron chi connectivity index (χ4n) is 1.39. The van der Waals surface area contributed by atoms with Crippen LogP contribution in [0.25, 0.3) is 0 Å². The van der Waals surface area contributed by atoms with Gasteiger partial charge in [0.1, 0.15) is 11.7 Å². The van der Waals surface area contributed by atoms with E-state index in [1.54, 1.807) is 42.0 Å². The number of esters is 1. The van der Waals surface area contributed by atoms with Gasteiger partial charge < -0.3 is 4.74 Å². The van der Waals surface area contributed by atoms with Crippen molar-refractivity contribution in [1.82, 2.24) is 4.72 Å². The zero-order valence-corrected chi connectivity index (χ0v) is 11.4. The average molecular weight is 285 g/mol. The lowest BCUT2D eigenvalue weighted by Crippen LogP contribution is -2.39. The third-order valence-electron chi connectivity index (χ3n) is 2.26. The van der Waals surface area contributed by atoms with Gasteiger partial charge in [-0.05, 0) is 18.6 Å². The van der Waals surface area contributed by atoms with Gasteiger partial charge in [-0.15, -0.1) is 0 Å². The summed E-state index contributed by atoms with van der Waals surface area (Å²) in [5, 5.41) is 0. The molecule has 1 unspecified atom stereocenters. The molecule has 0 bridgehead atoms. The van der Waals surface area contributed by atoms with E-state index in [-0.39, 0.29) is 6.42 Å². The SMILES string of the molecule is CCC(C(=O)NS(C)(=O)=O)C(=O)Oc1ccccc1. The first-order chi connectivity index (χ1) is 8.83. The summed E-state index contributed by atoms with van der Waals surface area (Å²) >= 11 is 0. The number of sulfonamides is 1. The van der Waals surface area contributed by atoms with Crippen LogP contribution in [-0.2, 0) is 19.6 Å². The summed E-state index contributed by atoms with van der Waals surface area (Å²) in [6.45, 7) is 1.60. The zero-order valence-electron chi connectivity index (χ0n) is 10.6. The topological polar surface area (TPSA) is 89.5 Å². The first kappa shape index (κ1) is 15.2. The van der Waals surface area contributed by atoms with Gasteiger partial charge in [-0.1, -0.05) is 25.1 Å². The number of para-hydroxylation sites is 1.